The van der Waals surface area contributed by atoms with Gasteiger partial charge >= 0.3 is 0 Å². The predicted octanol–water partition coefficient (Wildman–Crippen LogP) is 4.99. The van der Waals surface area contributed by atoms with Gasteiger partial charge in [-0.1, -0.05) is 15.9 Å². The summed E-state index contributed by atoms with van der Waals surface area (Å²) >= 11 is 3.57. The number of benzene rings is 2. The van der Waals surface area contributed by atoms with Crippen molar-refractivity contribution in [3.05, 3.63) is 58.2 Å². The molecule has 0 aliphatic carbocycles. The number of pyridine rings is 1. The van der Waals surface area contributed by atoms with Crippen molar-refractivity contribution in [3.8, 4) is 11.5 Å². The quantitative estimate of drug-likeness (QED) is 0.667. The average Bonchev–Trinajstić information content (AvgIpc) is 2.44. The van der Waals surface area contributed by atoms with Gasteiger partial charge in [-0.15, -0.1) is 0 Å². The molecule has 3 aromatic rings. The molecule has 0 aliphatic heterocycles. The third-order valence-corrected chi connectivity index (χ3v) is 4.62. The van der Waals surface area contributed by atoms with Gasteiger partial charge in [0.25, 0.3) is 0 Å². The molecule has 106 valence electrons. The molecule has 2 aromatic carbocycles. The third-order valence-electron chi connectivity index (χ3n) is 3.36. The lowest BCUT2D eigenvalue weighted by molar-refractivity contribution is 0.487. The minimum Gasteiger partial charge on any atom is -0.457 e. The number of hydrogen-bond acceptors (Lipinski definition) is 3. The fourth-order valence-electron chi connectivity index (χ4n) is 2.32. The molecule has 0 unspecified atom stereocenters. The molecule has 0 bridgehead atoms. The van der Waals surface area contributed by atoms with Gasteiger partial charge in [-0.2, -0.15) is 0 Å². The standard InChI is InChI=1S/C17H15BrN2O/c1-10-7-13(8-11(2)17(10)18)21-16-5-6-20-15-9-12(19)3-4-14(15)16/h3-9H,19H2,1-2H3. The fraction of sp³-hybridized carbons (Fsp3) is 0.118. The Morgan fingerprint density at radius 2 is 1.76 bits per heavy atom. The van der Waals surface area contributed by atoms with Gasteiger partial charge in [-0.25, -0.2) is 0 Å². The zero-order valence-electron chi connectivity index (χ0n) is 11.9. The molecular formula is C17H15BrN2O. The van der Waals surface area contributed by atoms with Crippen LogP contribution in [-0.4, -0.2) is 4.98 Å². The van der Waals surface area contributed by atoms with E-state index in [1.165, 1.54) is 0 Å². The molecule has 2 N–H and O–H groups in total. The van der Waals surface area contributed by atoms with Crippen LogP contribution in [0.2, 0.25) is 0 Å². The van der Waals surface area contributed by atoms with Gasteiger partial charge in [0.1, 0.15) is 11.5 Å². The van der Waals surface area contributed by atoms with Gasteiger partial charge in [0.15, 0.2) is 0 Å². The van der Waals surface area contributed by atoms with Crippen molar-refractivity contribution in [1.29, 1.82) is 0 Å². The molecule has 21 heavy (non-hydrogen) atoms. The summed E-state index contributed by atoms with van der Waals surface area (Å²) < 4.78 is 7.16. The Balaban J connectivity index is 2.06. The Labute approximate surface area is 131 Å². The van der Waals surface area contributed by atoms with Gasteiger partial charge in [0, 0.05) is 21.7 Å². The lowest BCUT2D eigenvalue weighted by Gasteiger charge is -2.11. The van der Waals surface area contributed by atoms with E-state index in [9.17, 15) is 0 Å². The van der Waals surface area contributed by atoms with Crippen molar-refractivity contribution < 1.29 is 4.74 Å². The first-order chi connectivity index (χ1) is 10.0. The number of nitrogens with zero attached hydrogens (tertiary/aromatic N) is 1. The number of nitrogens with two attached hydrogens (primary N) is 1. The molecule has 0 spiro atoms. The highest BCUT2D eigenvalue weighted by molar-refractivity contribution is 9.10. The molecule has 0 saturated carbocycles. The van der Waals surface area contributed by atoms with E-state index < -0.39 is 0 Å². The van der Waals surface area contributed by atoms with Gasteiger partial charge < -0.3 is 10.5 Å². The lowest BCUT2D eigenvalue weighted by atomic mass is 10.1. The molecule has 3 nitrogen and oxygen atoms in total. The van der Waals surface area contributed by atoms with Crippen molar-refractivity contribution in [2.75, 3.05) is 5.73 Å². The number of nitrogen functional groups attached to an aromatic ring is 1. The van der Waals surface area contributed by atoms with Gasteiger partial charge in [-0.3, -0.25) is 4.98 Å². The van der Waals surface area contributed by atoms with E-state index in [-0.39, 0.29) is 0 Å². The molecule has 0 radical (unpaired) electrons. The number of halogens is 1. The molecule has 1 heterocycles. The highest BCUT2D eigenvalue weighted by Gasteiger charge is 2.07. The first kappa shape index (κ1) is 13.9. The van der Waals surface area contributed by atoms with Gasteiger partial charge in [0.05, 0.1) is 5.52 Å². The second-order valence-electron chi connectivity index (χ2n) is 5.06. The van der Waals surface area contributed by atoms with Crippen LogP contribution < -0.4 is 10.5 Å². The summed E-state index contributed by atoms with van der Waals surface area (Å²) in [6.07, 6.45) is 1.73. The van der Waals surface area contributed by atoms with Crippen LogP contribution in [0.4, 0.5) is 5.69 Å². The van der Waals surface area contributed by atoms with E-state index in [1.807, 2.05) is 36.4 Å². The number of ether oxygens (including phenoxy) is 1. The lowest BCUT2D eigenvalue weighted by Crippen LogP contribution is -1.91. The Morgan fingerprint density at radius 3 is 2.48 bits per heavy atom. The summed E-state index contributed by atoms with van der Waals surface area (Å²) in [6.45, 7) is 4.10. The largest absolute Gasteiger partial charge is 0.457 e. The van der Waals surface area contributed by atoms with Crippen molar-refractivity contribution in [2.45, 2.75) is 13.8 Å². The normalized spacial score (nSPS) is 10.8. The summed E-state index contributed by atoms with van der Waals surface area (Å²) in [5.41, 5.74) is 9.62. The van der Waals surface area contributed by atoms with Gasteiger partial charge in [0.2, 0.25) is 0 Å². The highest BCUT2D eigenvalue weighted by atomic mass is 79.9. The summed E-state index contributed by atoms with van der Waals surface area (Å²) in [6, 6.07) is 11.5. The summed E-state index contributed by atoms with van der Waals surface area (Å²) in [7, 11) is 0. The van der Waals surface area contributed by atoms with Crippen molar-refractivity contribution in [1.82, 2.24) is 4.98 Å². The molecule has 4 heteroatoms. The second kappa shape index (κ2) is 5.37. The molecular weight excluding hydrogens is 328 g/mol. The van der Waals surface area contributed by atoms with Crippen LogP contribution in [0.3, 0.4) is 0 Å². The monoisotopic (exact) mass is 342 g/mol. The summed E-state index contributed by atoms with van der Waals surface area (Å²) in [5, 5.41) is 0.949. The second-order valence-corrected chi connectivity index (χ2v) is 5.85. The third kappa shape index (κ3) is 2.72. The maximum atomic E-state index is 6.05. The van der Waals surface area contributed by atoms with Crippen molar-refractivity contribution in [3.63, 3.8) is 0 Å². The molecule has 0 atom stereocenters. The van der Waals surface area contributed by atoms with Crippen molar-refractivity contribution in [2.24, 2.45) is 0 Å². The molecule has 0 aliphatic rings. The maximum absolute atomic E-state index is 6.05. The minimum atomic E-state index is 0.697. The summed E-state index contributed by atoms with van der Waals surface area (Å²) in [4.78, 5) is 4.33. The molecule has 3 rings (SSSR count). The Morgan fingerprint density at radius 1 is 1.05 bits per heavy atom. The first-order valence-electron chi connectivity index (χ1n) is 6.63. The van der Waals surface area contributed by atoms with E-state index in [0.29, 0.717) is 5.69 Å². The zero-order chi connectivity index (χ0) is 15.0. The maximum Gasteiger partial charge on any atom is 0.138 e. The first-order valence-corrected chi connectivity index (χ1v) is 7.43. The molecule has 0 fully saturated rings. The number of anilines is 1. The number of hydrogen-bond donors (Lipinski definition) is 1. The highest BCUT2D eigenvalue weighted by Crippen LogP contribution is 2.32. The summed E-state index contributed by atoms with van der Waals surface area (Å²) in [5.74, 6) is 1.60. The van der Waals surface area contributed by atoms with Crippen LogP contribution in [0.25, 0.3) is 10.9 Å². The fourth-order valence-corrected chi connectivity index (χ4v) is 2.55. The van der Waals surface area contributed by atoms with Crippen molar-refractivity contribution >= 4 is 32.5 Å². The topological polar surface area (TPSA) is 48.1 Å². The minimum absolute atomic E-state index is 0.697. The van der Waals surface area contributed by atoms with E-state index in [2.05, 4.69) is 34.8 Å². The van der Waals surface area contributed by atoms with Crippen LogP contribution in [0.1, 0.15) is 11.1 Å². The number of rotatable bonds is 2. The molecule has 0 saturated heterocycles. The van der Waals surface area contributed by atoms with Crippen LogP contribution in [0.5, 0.6) is 11.5 Å². The zero-order valence-corrected chi connectivity index (χ0v) is 13.4. The number of fused-ring (bicyclic) bond motifs is 1. The van der Waals surface area contributed by atoms with Crippen LogP contribution in [-0.2, 0) is 0 Å². The van der Waals surface area contributed by atoms with Crippen LogP contribution >= 0.6 is 15.9 Å². The Bertz CT molecular complexity index is 807. The SMILES string of the molecule is Cc1cc(Oc2ccnc3cc(N)ccc23)cc(C)c1Br. The van der Waals surface area contributed by atoms with E-state index in [4.69, 9.17) is 10.5 Å². The molecule has 0 amide bonds. The Hall–Kier alpha value is -2.07. The number of aryl methyl sites for hydroxylation is 2. The average molecular weight is 343 g/mol. The van der Waals surface area contributed by atoms with E-state index in [1.54, 1.807) is 6.20 Å². The Kier molecular flexibility index (Phi) is 3.55. The van der Waals surface area contributed by atoms with Crippen LogP contribution in [0, 0.1) is 13.8 Å². The molecule has 1 aromatic heterocycles. The van der Waals surface area contributed by atoms with Crippen LogP contribution in [0.15, 0.2) is 47.1 Å². The van der Waals surface area contributed by atoms with E-state index >= 15 is 0 Å². The van der Waals surface area contributed by atoms with Gasteiger partial charge in [-0.05, 0) is 61.4 Å². The smallest absolute Gasteiger partial charge is 0.138 e. The number of aromatic nitrogens is 1. The van der Waals surface area contributed by atoms with E-state index in [0.717, 1.165) is 38.0 Å². The predicted molar refractivity (Wildman–Crippen MR) is 89.8 cm³/mol.